The molecule has 20 heavy (non-hydrogen) atoms. The molecule has 4 heteroatoms. The number of ether oxygens (including phenoxy) is 1. The zero-order chi connectivity index (χ0) is 14.0. The summed E-state index contributed by atoms with van der Waals surface area (Å²) in [6.45, 7) is 1.66. The number of nitrogens with two attached hydrogens (primary N) is 1. The molecule has 114 valence electrons. The fourth-order valence-electron chi connectivity index (χ4n) is 4.03. The van der Waals surface area contributed by atoms with Crippen LogP contribution in [0.25, 0.3) is 0 Å². The zero-order valence-electron chi connectivity index (χ0n) is 12.5. The van der Waals surface area contributed by atoms with Gasteiger partial charge in [-0.05, 0) is 38.5 Å². The van der Waals surface area contributed by atoms with Crippen LogP contribution in [0.4, 0.5) is 0 Å². The third-order valence-corrected chi connectivity index (χ3v) is 5.34. The Morgan fingerprint density at radius 1 is 0.950 bits per heavy atom. The topological polar surface area (TPSA) is 55.6 Å². The van der Waals surface area contributed by atoms with Crippen molar-refractivity contribution >= 4 is 5.91 Å². The predicted molar refractivity (Wildman–Crippen MR) is 78.3 cm³/mol. The van der Waals surface area contributed by atoms with E-state index in [-0.39, 0.29) is 5.91 Å². The van der Waals surface area contributed by atoms with Crippen LogP contribution in [0.2, 0.25) is 0 Å². The summed E-state index contributed by atoms with van der Waals surface area (Å²) in [6.07, 6.45) is 11.8. The molecule has 2 saturated carbocycles. The molecule has 3 rings (SSSR count). The van der Waals surface area contributed by atoms with E-state index in [0.29, 0.717) is 12.2 Å². The van der Waals surface area contributed by atoms with Gasteiger partial charge in [-0.3, -0.25) is 4.79 Å². The molecule has 0 radical (unpaired) electrons. The molecule has 0 aromatic heterocycles. The number of hydrogen-bond acceptors (Lipinski definition) is 3. The van der Waals surface area contributed by atoms with Gasteiger partial charge in [0.2, 0.25) is 5.91 Å². The highest BCUT2D eigenvalue weighted by atomic mass is 16.5. The fraction of sp³-hybridized carbons (Fsp3) is 0.938. The second-order valence-electron chi connectivity index (χ2n) is 6.90. The van der Waals surface area contributed by atoms with E-state index >= 15 is 0 Å². The molecule has 3 fully saturated rings. The highest BCUT2D eigenvalue weighted by Gasteiger charge is 2.40. The minimum absolute atomic E-state index is 0.189. The van der Waals surface area contributed by atoms with E-state index in [4.69, 9.17) is 10.5 Å². The number of piperidine rings is 1. The van der Waals surface area contributed by atoms with Gasteiger partial charge in [0.05, 0.1) is 17.7 Å². The Morgan fingerprint density at radius 3 is 2.10 bits per heavy atom. The van der Waals surface area contributed by atoms with Gasteiger partial charge in [0.25, 0.3) is 0 Å². The van der Waals surface area contributed by atoms with Crippen LogP contribution in [0.5, 0.6) is 0 Å². The van der Waals surface area contributed by atoms with Gasteiger partial charge in [-0.1, -0.05) is 25.7 Å². The van der Waals surface area contributed by atoms with Gasteiger partial charge < -0.3 is 15.4 Å². The number of carbonyl (C=O) groups excluding carboxylic acids is 1. The summed E-state index contributed by atoms with van der Waals surface area (Å²) >= 11 is 0. The van der Waals surface area contributed by atoms with Crippen molar-refractivity contribution in [3.8, 4) is 0 Å². The maximum Gasteiger partial charge on any atom is 0.242 e. The Morgan fingerprint density at radius 2 is 1.50 bits per heavy atom. The van der Waals surface area contributed by atoms with Crippen molar-refractivity contribution in [2.24, 2.45) is 5.73 Å². The van der Waals surface area contributed by atoms with E-state index in [1.807, 2.05) is 4.90 Å². The standard InChI is InChI=1S/C16H28N2O2/c17-16(9-3-4-10-16)15(19)18-11-7-14(8-12-18)20-13-5-1-2-6-13/h13-14H,1-12,17H2. The number of carbonyl (C=O) groups is 1. The van der Waals surface area contributed by atoms with Gasteiger partial charge in [0.15, 0.2) is 0 Å². The molecule has 3 aliphatic rings. The van der Waals surface area contributed by atoms with Gasteiger partial charge in [0, 0.05) is 13.1 Å². The Balaban J connectivity index is 1.46. The molecule has 1 heterocycles. The first-order valence-electron chi connectivity index (χ1n) is 8.41. The maximum atomic E-state index is 12.5. The Bertz CT molecular complexity index is 338. The van der Waals surface area contributed by atoms with Crippen molar-refractivity contribution in [1.82, 2.24) is 4.90 Å². The van der Waals surface area contributed by atoms with Gasteiger partial charge >= 0.3 is 0 Å². The van der Waals surface area contributed by atoms with Crippen molar-refractivity contribution < 1.29 is 9.53 Å². The van der Waals surface area contributed by atoms with Crippen molar-refractivity contribution in [3.05, 3.63) is 0 Å². The summed E-state index contributed by atoms with van der Waals surface area (Å²) in [5, 5.41) is 0. The zero-order valence-corrected chi connectivity index (χ0v) is 12.5. The predicted octanol–water partition coefficient (Wildman–Crippen LogP) is 2.21. The first kappa shape index (κ1) is 14.3. The third-order valence-electron chi connectivity index (χ3n) is 5.34. The highest BCUT2D eigenvalue weighted by molar-refractivity contribution is 5.86. The summed E-state index contributed by atoms with van der Waals surface area (Å²) in [5.74, 6) is 0.189. The van der Waals surface area contributed by atoms with E-state index in [9.17, 15) is 4.79 Å². The largest absolute Gasteiger partial charge is 0.375 e. The number of nitrogens with zero attached hydrogens (tertiary/aromatic N) is 1. The van der Waals surface area contributed by atoms with Gasteiger partial charge in [-0.2, -0.15) is 0 Å². The third kappa shape index (κ3) is 3.01. The Kier molecular flexibility index (Phi) is 4.32. The number of amides is 1. The SMILES string of the molecule is NC1(C(=O)N2CCC(OC3CCCC3)CC2)CCCC1. The van der Waals surface area contributed by atoms with Crippen LogP contribution in [-0.2, 0) is 9.53 Å². The normalized spacial score (nSPS) is 28.1. The summed E-state index contributed by atoms with van der Waals surface area (Å²) < 4.78 is 6.16. The van der Waals surface area contributed by atoms with Gasteiger partial charge in [0.1, 0.15) is 0 Å². The van der Waals surface area contributed by atoms with Crippen LogP contribution in [0.15, 0.2) is 0 Å². The molecular weight excluding hydrogens is 252 g/mol. The molecule has 2 N–H and O–H groups in total. The number of hydrogen-bond donors (Lipinski definition) is 1. The highest BCUT2D eigenvalue weighted by Crippen LogP contribution is 2.31. The maximum absolute atomic E-state index is 12.5. The minimum Gasteiger partial charge on any atom is -0.375 e. The van der Waals surface area contributed by atoms with Crippen LogP contribution < -0.4 is 5.73 Å². The first-order valence-corrected chi connectivity index (χ1v) is 8.41. The van der Waals surface area contributed by atoms with E-state index in [2.05, 4.69) is 0 Å². The summed E-state index contributed by atoms with van der Waals surface area (Å²) in [4.78, 5) is 14.5. The second kappa shape index (κ2) is 6.02. The molecule has 0 unspecified atom stereocenters. The van der Waals surface area contributed by atoms with Crippen molar-refractivity contribution in [3.63, 3.8) is 0 Å². The quantitative estimate of drug-likeness (QED) is 0.862. The molecular formula is C16H28N2O2. The lowest BCUT2D eigenvalue weighted by Gasteiger charge is -2.37. The van der Waals surface area contributed by atoms with Crippen LogP contribution >= 0.6 is 0 Å². The Labute approximate surface area is 122 Å². The molecule has 0 spiro atoms. The number of rotatable bonds is 3. The molecule has 1 saturated heterocycles. The molecule has 0 aromatic rings. The molecule has 0 atom stereocenters. The lowest BCUT2D eigenvalue weighted by Crippen LogP contribution is -2.55. The van der Waals surface area contributed by atoms with Gasteiger partial charge in [-0.25, -0.2) is 0 Å². The lowest BCUT2D eigenvalue weighted by molar-refractivity contribution is -0.140. The summed E-state index contributed by atoms with van der Waals surface area (Å²) in [7, 11) is 0. The minimum atomic E-state index is -0.556. The summed E-state index contributed by atoms with van der Waals surface area (Å²) in [5.41, 5.74) is 5.72. The van der Waals surface area contributed by atoms with Gasteiger partial charge in [-0.15, -0.1) is 0 Å². The molecule has 4 nitrogen and oxygen atoms in total. The lowest BCUT2D eigenvalue weighted by atomic mass is 9.95. The van der Waals surface area contributed by atoms with E-state index in [1.165, 1.54) is 25.7 Å². The van der Waals surface area contributed by atoms with E-state index in [1.54, 1.807) is 0 Å². The average Bonchev–Trinajstić information content (AvgIpc) is 3.11. The monoisotopic (exact) mass is 280 g/mol. The molecule has 1 aliphatic heterocycles. The smallest absolute Gasteiger partial charge is 0.242 e. The fourth-order valence-corrected chi connectivity index (χ4v) is 4.03. The average molecular weight is 280 g/mol. The molecule has 0 aromatic carbocycles. The van der Waals surface area contributed by atoms with Crippen molar-refractivity contribution in [2.45, 2.75) is 82.0 Å². The Hall–Kier alpha value is -0.610. The van der Waals surface area contributed by atoms with Crippen LogP contribution in [0, 0.1) is 0 Å². The number of likely N-dealkylation sites (tertiary alicyclic amines) is 1. The van der Waals surface area contributed by atoms with Crippen LogP contribution in [-0.4, -0.2) is 41.6 Å². The van der Waals surface area contributed by atoms with E-state index in [0.717, 1.165) is 51.6 Å². The van der Waals surface area contributed by atoms with Crippen molar-refractivity contribution in [1.29, 1.82) is 0 Å². The van der Waals surface area contributed by atoms with Crippen LogP contribution in [0.3, 0.4) is 0 Å². The second-order valence-corrected chi connectivity index (χ2v) is 6.90. The van der Waals surface area contributed by atoms with Crippen LogP contribution in [0.1, 0.15) is 64.2 Å². The summed E-state index contributed by atoms with van der Waals surface area (Å²) in [6, 6.07) is 0. The van der Waals surface area contributed by atoms with Crippen molar-refractivity contribution in [2.75, 3.05) is 13.1 Å². The molecule has 0 bridgehead atoms. The molecule has 1 amide bonds. The molecule has 2 aliphatic carbocycles. The van der Waals surface area contributed by atoms with E-state index < -0.39 is 5.54 Å². The first-order chi connectivity index (χ1) is 9.67.